The minimum atomic E-state index is -0.0789. The number of thioether (sulfide) groups is 1. The molecule has 4 aromatic rings. The molecule has 9 heteroatoms. The fourth-order valence-corrected chi connectivity index (χ4v) is 4.55. The summed E-state index contributed by atoms with van der Waals surface area (Å²) in [6.45, 7) is 0.837. The molecule has 0 aliphatic carbocycles. The van der Waals surface area contributed by atoms with Crippen LogP contribution < -0.4 is 5.56 Å². The summed E-state index contributed by atoms with van der Waals surface area (Å²) < 4.78 is 2.70. The number of fused-ring (bicyclic) bond motifs is 1. The molecule has 0 spiro atoms. The zero-order valence-electron chi connectivity index (χ0n) is 12.5. The molecule has 0 aromatic carbocycles. The van der Waals surface area contributed by atoms with Crippen molar-refractivity contribution in [2.75, 3.05) is 0 Å². The fourth-order valence-electron chi connectivity index (χ4n) is 2.32. The minimum Gasteiger partial charge on any atom is -0.309 e. The van der Waals surface area contributed by atoms with E-state index in [-0.39, 0.29) is 5.56 Å². The second-order valence-corrected chi connectivity index (χ2v) is 7.96. The second kappa shape index (κ2) is 6.88. The van der Waals surface area contributed by atoms with Gasteiger partial charge in [-0.05, 0) is 29.3 Å². The van der Waals surface area contributed by atoms with Gasteiger partial charge in [-0.1, -0.05) is 17.8 Å². The van der Waals surface area contributed by atoms with Gasteiger partial charge < -0.3 is 9.55 Å². The first-order valence-corrected chi connectivity index (χ1v) is 10.0. The lowest BCUT2D eigenvalue weighted by molar-refractivity contribution is 0.637. The largest absolute Gasteiger partial charge is 0.309 e. The van der Waals surface area contributed by atoms with E-state index in [1.807, 2.05) is 16.0 Å². The number of aromatic nitrogens is 5. The maximum absolute atomic E-state index is 12.0. The maximum Gasteiger partial charge on any atom is 0.268 e. The van der Waals surface area contributed by atoms with Gasteiger partial charge in [-0.25, -0.2) is 4.98 Å². The number of nitrogens with zero attached hydrogens (tertiary/aromatic N) is 4. The molecule has 122 valence electrons. The predicted molar refractivity (Wildman–Crippen MR) is 97.8 cm³/mol. The summed E-state index contributed by atoms with van der Waals surface area (Å²) in [5.41, 5.74) is 0.670. The lowest BCUT2D eigenvalue weighted by Crippen LogP contribution is -2.09. The Morgan fingerprint density at radius 3 is 3.08 bits per heavy atom. The van der Waals surface area contributed by atoms with Crippen molar-refractivity contribution in [2.45, 2.75) is 23.9 Å². The van der Waals surface area contributed by atoms with Crippen LogP contribution in [0.5, 0.6) is 0 Å². The summed E-state index contributed by atoms with van der Waals surface area (Å²) >= 11 is 4.69. The Morgan fingerprint density at radius 1 is 1.25 bits per heavy atom. The zero-order chi connectivity index (χ0) is 16.4. The van der Waals surface area contributed by atoms with E-state index in [0.717, 1.165) is 23.6 Å². The van der Waals surface area contributed by atoms with Crippen LogP contribution in [0.15, 0.2) is 45.2 Å². The number of rotatable bonds is 6. The van der Waals surface area contributed by atoms with Crippen molar-refractivity contribution >= 4 is 44.7 Å². The van der Waals surface area contributed by atoms with Crippen LogP contribution in [0.25, 0.3) is 10.2 Å². The normalized spacial score (nSPS) is 11.3. The first-order valence-electron chi connectivity index (χ1n) is 7.29. The van der Waals surface area contributed by atoms with E-state index in [2.05, 4.69) is 37.7 Å². The lowest BCUT2D eigenvalue weighted by atomic mass is 10.3. The van der Waals surface area contributed by atoms with E-state index in [1.54, 1.807) is 17.7 Å². The first kappa shape index (κ1) is 15.6. The summed E-state index contributed by atoms with van der Waals surface area (Å²) in [7, 11) is 0. The molecule has 0 unspecified atom stereocenters. The summed E-state index contributed by atoms with van der Waals surface area (Å²) in [6, 6.07) is 6.06. The van der Waals surface area contributed by atoms with Gasteiger partial charge in [0.2, 0.25) is 0 Å². The van der Waals surface area contributed by atoms with Crippen LogP contribution in [0.2, 0.25) is 0 Å². The average molecular weight is 376 g/mol. The molecule has 4 aromatic heterocycles. The summed E-state index contributed by atoms with van der Waals surface area (Å²) in [6.07, 6.45) is 2.70. The number of hydrogen-bond donors (Lipinski definition) is 1. The summed E-state index contributed by atoms with van der Waals surface area (Å²) in [5, 5.41) is 13.0. The van der Waals surface area contributed by atoms with Crippen LogP contribution in [0.3, 0.4) is 0 Å². The molecule has 0 amide bonds. The van der Waals surface area contributed by atoms with Crippen molar-refractivity contribution in [2.24, 2.45) is 0 Å². The van der Waals surface area contributed by atoms with Crippen molar-refractivity contribution < 1.29 is 0 Å². The van der Waals surface area contributed by atoms with E-state index in [4.69, 9.17) is 0 Å². The SMILES string of the molecule is O=c1[nH]c(CSc2nncn2CCc2cccs2)nc2ccsc12. The second-order valence-electron chi connectivity index (χ2n) is 5.07. The molecule has 1 N–H and O–H groups in total. The highest BCUT2D eigenvalue weighted by Gasteiger charge is 2.09. The van der Waals surface area contributed by atoms with E-state index in [9.17, 15) is 4.79 Å². The molecule has 0 fully saturated rings. The summed E-state index contributed by atoms with van der Waals surface area (Å²) in [4.78, 5) is 20.7. The predicted octanol–water partition coefficient (Wildman–Crippen LogP) is 3.17. The van der Waals surface area contributed by atoms with Crippen molar-refractivity contribution in [3.63, 3.8) is 0 Å². The smallest absolute Gasteiger partial charge is 0.268 e. The highest BCUT2D eigenvalue weighted by molar-refractivity contribution is 7.98. The molecular weight excluding hydrogens is 362 g/mol. The molecule has 4 rings (SSSR count). The van der Waals surface area contributed by atoms with Crippen molar-refractivity contribution in [3.05, 3.63) is 56.3 Å². The average Bonchev–Trinajstić information content (AvgIpc) is 3.31. The number of H-pyrrole nitrogens is 1. The third-order valence-corrected chi connectivity index (χ3v) is 6.29. The number of hydrogen-bond acceptors (Lipinski definition) is 7. The van der Waals surface area contributed by atoms with Crippen molar-refractivity contribution in [3.8, 4) is 0 Å². The number of thiophene rings is 2. The fraction of sp³-hybridized carbons (Fsp3) is 0.200. The molecular formula is C15H13N5OS3. The van der Waals surface area contributed by atoms with Gasteiger partial charge in [-0.2, -0.15) is 0 Å². The number of aromatic amines is 1. The Kier molecular flexibility index (Phi) is 4.46. The molecule has 6 nitrogen and oxygen atoms in total. The molecule has 0 saturated heterocycles. The lowest BCUT2D eigenvalue weighted by Gasteiger charge is -2.05. The molecule has 0 saturated carbocycles. The van der Waals surface area contributed by atoms with Gasteiger partial charge in [0.1, 0.15) is 16.9 Å². The van der Waals surface area contributed by atoms with Gasteiger partial charge in [-0.3, -0.25) is 4.79 Å². The topological polar surface area (TPSA) is 76.5 Å². The van der Waals surface area contributed by atoms with Gasteiger partial charge in [0.15, 0.2) is 5.16 Å². The molecule has 0 aliphatic heterocycles. The minimum absolute atomic E-state index is 0.0789. The zero-order valence-corrected chi connectivity index (χ0v) is 15.0. The van der Waals surface area contributed by atoms with Crippen LogP contribution in [0.1, 0.15) is 10.7 Å². The molecule has 0 radical (unpaired) electrons. The monoisotopic (exact) mass is 375 g/mol. The molecule has 4 heterocycles. The Bertz CT molecular complexity index is 1000. The van der Waals surface area contributed by atoms with E-state index >= 15 is 0 Å². The number of aryl methyl sites for hydroxylation is 2. The molecule has 0 atom stereocenters. The maximum atomic E-state index is 12.0. The Balaban J connectivity index is 1.45. The molecule has 0 aliphatic rings. The highest BCUT2D eigenvalue weighted by atomic mass is 32.2. The third kappa shape index (κ3) is 3.28. The van der Waals surface area contributed by atoms with Crippen molar-refractivity contribution in [1.82, 2.24) is 24.7 Å². The van der Waals surface area contributed by atoms with Gasteiger partial charge >= 0.3 is 0 Å². The Morgan fingerprint density at radius 2 is 2.21 bits per heavy atom. The van der Waals surface area contributed by atoms with Crippen LogP contribution in [-0.2, 0) is 18.7 Å². The van der Waals surface area contributed by atoms with Gasteiger partial charge in [0.05, 0.1) is 11.3 Å². The van der Waals surface area contributed by atoms with Gasteiger partial charge in [0, 0.05) is 11.4 Å². The van der Waals surface area contributed by atoms with Crippen LogP contribution >= 0.6 is 34.4 Å². The van der Waals surface area contributed by atoms with E-state index in [1.165, 1.54) is 28.0 Å². The van der Waals surface area contributed by atoms with Crippen LogP contribution in [0, 0.1) is 0 Å². The van der Waals surface area contributed by atoms with Crippen LogP contribution in [0.4, 0.5) is 0 Å². The van der Waals surface area contributed by atoms with E-state index < -0.39 is 0 Å². The van der Waals surface area contributed by atoms with Gasteiger partial charge in [-0.15, -0.1) is 32.9 Å². The van der Waals surface area contributed by atoms with Gasteiger partial charge in [0.25, 0.3) is 5.56 Å². The quantitative estimate of drug-likeness (QED) is 0.524. The van der Waals surface area contributed by atoms with Crippen molar-refractivity contribution in [1.29, 1.82) is 0 Å². The third-order valence-electron chi connectivity index (χ3n) is 3.46. The molecule has 0 bridgehead atoms. The standard InChI is InChI=1S/C15H13N5OS3/c21-14-13-11(4-7-23-13)17-12(18-14)8-24-15-19-16-9-20(15)5-3-10-2-1-6-22-10/h1-2,4,6-7,9H,3,5,8H2,(H,17,18,21). The Hall–Kier alpha value is -1.97. The summed E-state index contributed by atoms with van der Waals surface area (Å²) in [5.74, 6) is 1.21. The number of nitrogens with one attached hydrogen (secondary N) is 1. The first-order chi connectivity index (χ1) is 11.8. The van der Waals surface area contributed by atoms with Crippen LogP contribution in [-0.4, -0.2) is 24.7 Å². The van der Waals surface area contributed by atoms with E-state index in [0.29, 0.717) is 16.3 Å². The molecule has 24 heavy (non-hydrogen) atoms. The Labute approximate surface area is 149 Å². The highest BCUT2D eigenvalue weighted by Crippen LogP contribution is 2.21.